The van der Waals surface area contributed by atoms with Crippen LogP contribution >= 0.6 is 0 Å². The molecule has 0 amide bonds. The third kappa shape index (κ3) is 2.06. The summed E-state index contributed by atoms with van der Waals surface area (Å²) >= 11 is 0. The van der Waals surface area contributed by atoms with Gasteiger partial charge in [0.1, 0.15) is 11.4 Å². The van der Waals surface area contributed by atoms with Crippen molar-refractivity contribution in [2.24, 2.45) is 0 Å². The Hall–Kier alpha value is -2.68. The molecule has 3 rings (SSSR count). The molecular formula is C16H13N3. The van der Waals surface area contributed by atoms with Crippen LogP contribution in [0.15, 0.2) is 61.2 Å². The molecule has 1 heterocycles. The zero-order valence-electron chi connectivity index (χ0n) is 10.4. The minimum atomic E-state index is 0.767. The van der Waals surface area contributed by atoms with Crippen LogP contribution in [0.3, 0.4) is 0 Å². The Morgan fingerprint density at radius 2 is 1.53 bits per heavy atom. The minimum absolute atomic E-state index is 0.767. The number of benzene rings is 2. The third-order valence-electron chi connectivity index (χ3n) is 3.04. The summed E-state index contributed by atoms with van der Waals surface area (Å²) < 4.78 is 0. The molecule has 0 atom stereocenters. The van der Waals surface area contributed by atoms with Gasteiger partial charge < -0.3 is 0 Å². The van der Waals surface area contributed by atoms with Gasteiger partial charge in [0.25, 0.3) is 0 Å². The predicted molar refractivity (Wildman–Crippen MR) is 77.3 cm³/mol. The van der Waals surface area contributed by atoms with E-state index in [0.717, 1.165) is 28.1 Å². The lowest BCUT2D eigenvalue weighted by Crippen LogP contribution is -1.87. The summed E-state index contributed by atoms with van der Waals surface area (Å²) in [6.45, 7) is 3.77. The van der Waals surface area contributed by atoms with Crippen molar-refractivity contribution >= 4 is 6.08 Å². The summed E-state index contributed by atoms with van der Waals surface area (Å²) in [6, 6.07) is 18.4. The van der Waals surface area contributed by atoms with Crippen molar-refractivity contribution in [3.05, 3.63) is 66.9 Å². The van der Waals surface area contributed by atoms with Gasteiger partial charge in [0.15, 0.2) is 0 Å². The van der Waals surface area contributed by atoms with Crippen LogP contribution < -0.4 is 0 Å². The van der Waals surface area contributed by atoms with Crippen LogP contribution in [0.4, 0.5) is 0 Å². The van der Waals surface area contributed by atoms with Gasteiger partial charge in [-0.15, -0.1) is 0 Å². The molecule has 0 radical (unpaired) electrons. The fourth-order valence-electron chi connectivity index (χ4n) is 2.14. The molecule has 0 fully saturated rings. The second-order valence-corrected chi connectivity index (χ2v) is 4.17. The Morgan fingerprint density at radius 1 is 0.842 bits per heavy atom. The number of hydrogen-bond donors (Lipinski definition) is 1. The fourth-order valence-corrected chi connectivity index (χ4v) is 2.14. The molecule has 0 bridgehead atoms. The summed E-state index contributed by atoms with van der Waals surface area (Å²) in [7, 11) is 0. The monoisotopic (exact) mass is 247 g/mol. The molecule has 0 unspecified atom stereocenters. The van der Waals surface area contributed by atoms with E-state index in [2.05, 4.69) is 40.2 Å². The van der Waals surface area contributed by atoms with Crippen LogP contribution in [0, 0.1) is 0 Å². The van der Waals surface area contributed by atoms with E-state index >= 15 is 0 Å². The van der Waals surface area contributed by atoms with Gasteiger partial charge in [-0.05, 0) is 17.2 Å². The number of nitrogens with zero attached hydrogens (tertiary/aromatic N) is 2. The van der Waals surface area contributed by atoms with Gasteiger partial charge in [0, 0.05) is 5.56 Å². The molecule has 0 aliphatic rings. The smallest absolute Gasteiger partial charge is 0.120 e. The normalized spacial score (nSPS) is 10.3. The van der Waals surface area contributed by atoms with E-state index in [9.17, 15) is 0 Å². The van der Waals surface area contributed by atoms with Gasteiger partial charge in [-0.1, -0.05) is 61.2 Å². The molecular weight excluding hydrogens is 234 g/mol. The molecule has 2 aromatic carbocycles. The standard InChI is InChI=1S/C16H13N3/c1-2-15-16(18-19-17-15)14-11-7-6-10-13(14)12-8-4-3-5-9-12/h2-11H,1H2,(H,17,18,19). The van der Waals surface area contributed by atoms with Crippen molar-refractivity contribution in [1.29, 1.82) is 0 Å². The molecule has 0 aliphatic heterocycles. The Balaban J connectivity index is 2.21. The first-order chi connectivity index (χ1) is 9.40. The maximum atomic E-state index is 4.24. The zero-order valence-corrected chi connectivity index (χ0v) is 10.4. The van der Waals surface area contributed by atoms with Crippen LogP contribution in [0.2, 0.25) is 0 Å². The number of nitrogens with one attached hydrogen (secondary N) is 1. The number of hydrogen-bond acceptors (Lipinski definition) is 2. The summed E-state index contributed by atoms with van der Waals surface area (Å²) in [4.78, 5) is 0. The van der Waals surface area contributed by atoms with Crippen LogP contribution in [-0.4, -0.2) is 15.4 Å². The first-order valence-corrected chi connectivity index (χ1v) is 6.08. The van der Waals surface area contributed by atoms with Gasteiger partial charge in [0.05, 0.1) is 0 Å². The number of rotatable bonds is 3. The van der Waals surface area contributed by atoms with E-state index in [0.29, 0.717) is 0 Å². The Bertz CT molecular complexity index is 699. The fraction of sp³-hybridized carbons (Fsp3) is 0. The first-order valence-electron chi connectivity index (χ1n) is 6.08. The lowest BCUT2D eigenvalue weighted by atomic mass is 9.97. The molecule has 0 aliphatic carbocycles. The summed E-state index contributed by atoms with van der Waals surface area (Å²) in [6.07, 6.45) is 1.71. The van der Waals surface area contributed by atoms with Crippen molar-refractivity contribution < 1.29 is 0 Å². The van der Waals surface area contributed by atoms with Crippen LogP contribution in [0.1, 0.15) is 5.69 Å². The van der Waals surface area contributed by atoms with Crippen LogP contribution in [0.5, 0.6) is 0 Å². The van der Waals surface area contributed by atoms with Crippen molar-refractivity contribution in [2.75, 3.05) is 0 Å². The molecule has 19 heavy (non-hydrogen) atoms. The molecule has 0 saturated heterocycles. The highest BCUT2D eigenvalue weighted by Crippen LogP contribution is 2.31. The van der Waals surface area contributed by atoms with Gasteiger partial charge in [-0.2, -0.15) is 15.4 Å². The minimum Gasteiger partial charge on any atom is -0.197 e. The molecule has 3 heteroatoms. The molecule has 0 saturated carbocycles. The second kappa shape index (κ2) is 4.90. The Labute approximate surface area is 111 Å². The lowest BCUT2D eigenvalue weighted by molar-refractivity contribution is 0.939. The average Bonchev–Trinajstić information content (AvgIpc) is 2.96. The van der Waals surface area contributed by atoms with Gasteiger partial charge in [-0.25, -0.2) is 0 Å². The highest BCUT2D eigenvalue weighted by atomic mass is 15.3. The van der Waals surface area contributed by atoms with Gasteiger partial charge >= 0.3 is 0 Å². The summed E-state index contributed by atoms with van der Waals surface area (Å²) in [5.41, 5.74) is 4.95. The van der Waals surface area contributed by atoms with E-state index in [-0.39, 0.29) is 0 Å². The predicted octanol–water partition coefficient (Wildman–Crippen LogP) is 3.78. The Kier molecular flexibility index (Phi) is 2.94. The molecule has 92 valence electrons. The third-order valence-corrected chi connectivity index (χ3v) is 3.04. The topological polar surface area (TPSA) is 41.6 Å². The van der Waals surface area contributed by atoms with Crippen molar-refractivity contribution in [2.45, 2.75) is 0 Å². The van der Waals surface area contributed by atoms with Crippen molar-refractivity contribution in [3.63, 3.8) is 0 Å². The molecule has 1 aromatic heterocycles. The van der Waals surface area contributed by atoms with E-state index in [1.54, 1.807) is 6.08 Å². The van der Waals surface area contributed by atoms with E-state index < -0.39 is 0 Å². The number of H-pyrrole nitrogens is 1. The van der Waals surface area contributed by atoms with Crippen LogP contribution in [-0.2, 0) is 0 Å². The highest BCUT2D eigenvalue weighted by Gasteiger charge is 2.12. The maximum absolute atomic E-state index is 4.24. The summed E-state index contributed by atoms with van der Waals surface area (Å²) in [5, 5.41) is 11.0. The second-order valence-electron chi connectivity index (χ2n) is 4.17. The van der Waals surface area contributed by atoms with Crippen LogP contribution in [0.25, 0.3) is 28.5 Å². The molecule has 3 nitrogen and oxygen atoms in total. The number of aromatic nitrogens is 3. The largest absolute Gasteiger partial charge is 0.197 e. The molecule has 3 aromatic rings. The SMILES string of the molecule is C=Cc1n[nH]nc1-c1ccccc1-c1ccccc1. The maximum Gasteiger partial charge on any atom is 0.120 e. The van der Waals surface area contributed by atoms with Crippen molar-refractivity contribution in [3.8, 4) is 22.4 Å². The quantitative estimate of drug-likeness (QED) is 0.765. The average molecular weight is 247 g/mol. The highest BCUT2D eigenvalue weighted by molar-refractivity contribution is 5.84. The number of aromatic amines is 1. The van der Waals surface area contributed by atoms with E-state index in [1.165, 1.54) is 0 Å². The van der Waals surface area contributed by atoms with Gasteiger partial charge in [-0.3, -0.25) is 0 Å². The van der Waals surface area contributed by atoms with E-state index in [4.69, 9.17) is 0 Å². The van der Waals surface area contributed by atoms with Crippen molar-refractivity contribution in [1.82, 2.24) is 15.4 Å². The first kappa shape index (κ1) is 11.4. The lowest BCUT2D eigenvalue weighted by Gasteiger charge is -2.07. The Morgan fingerprint density at radius 3 is 2.26 bits per heavy atom. The van der Waals surface area contributed by atoms with E-state index in [1.807, 2.05) is 36.4 Å². The van der Waals surface area contributed by atoms with Gasteiger partial charge in [0.2, 0.25) is 0 Å². The molecule has 1 N–H and O–H groups in total. The summed E-state index contributed by atoms with van der Waals surface area (Å²) in [5.74, 6) is 0. The molecule has 0 spiro atoms. The zero-order chi connectivity index (χ0) is 13.1.